The Labute approximate surface area is 172 Å². The third kappa shape index (κ3) is 5.83. The van der Waals surface area contributed by atoms with E-state index in [1.807, 2.05) is 41.3 Å². The normalized spacial score (nSPS) is 14.6. The molecule has 0 saturated carbocycles. The molecule has 0 radical (unpaired) electrons. The van der Waals surface area contributed by atoms with E-state index in [2.05, 4.69) is 0 Å². The van der Waals surface area contributed by atoms with Crippen molar-refractivity contribution in [2.75, 3.05) is 20.2 Å². The number of carboxylic acids is 1. The zero-order chi connectivity index (χ0) is 20.6. The van der Waals surface area contributed by atoms with Gasteiger partial charge in [-0.05, 0) is 67.3 Å². The van der Waals surface area contributed by atoms with E-state index in [-0.39, 0.29) is 5.91 Å². The fraction of sp³-hybridized carbons (Fsp3) is 0.417. The van der Waals surface area contributed by atoms with Crippen LogP contribution in [0.3, 0.4) is 0 Å². The highest BCUT2D eigenvalue weighted by molar-refractivity contribution is 5.89. The third-order valence-corrected chi connectivity index (χ3v) is 5.74. The van der Waals surface area contributed by atoms with Crippen LogP contribution in [0.2, 0.25) is 0 Å². The van der Waals surface area contributed by atoms with E-state index in [1.165, 1.54) is 5.56 Å². The molecule has 1 saturated heterocycles. The second-order valence-electron chi connectivity index (χ2n) is 7.69. The number of hydrogen-bond donors (Lipinski definition) is 1. The summed E-state index contributed by atoms with van der Waals surface area (Å²) in [6, 6.07) is 15.2. The smallest absolute Gasteiger partial charge is 0.335 e. The van der Waals surface area contributed by atoms with Crippen LogP contribution in [0, 0.1) is 5.92 Å². The summed E-state index contributed by atoms with van der Waals surface area (Å²) in [6.45, 7) is 1.53. The second-order valence-corrected chi connectivity index (χ2v) is 7.69. The van der Waals surface area contributed by atoms with Gasteiger partial charge in [0.1, 0.15) is 5.75 Å². The average molecular weight is 395 g/mol. The van der Waals surface area contributed by atoms with Crippen LogP contribution in [-0.2, 0) is 17.6 Å². The Morgan fingerprint density at radius 1 is 1.07 bits per heavy atom. The van der Waals surface area contributed by atoms with Gasteiger partial charge in [-0.25, -0.2) is 4.79 Å². The summed E-state index contributed by atoms with van der Waals surface area (Å²) in [7, 11) is 1.65. The summed E-state index contributed by atoms with van der Waals surface area (Å²) >= 11 is 0. The molecule has 2 aromatic rings. The fourth-order valence-electron chi connectivity index (χ4n) is 4.00. The minimum atomic E-state index is -0.870. The Morgan fingerprint density at radius 2 is 1.76 bits per heavy atom. The third-order valence-electron chi connectivity index (χ3n) is 5.74. The maximum atomic E-state index is 12.5. The van der Waals surface area contributed by atoms with Crippen LogP contribution in [0.25, 0.3) is 0 Å². The number of piperidine rings is 1. The Morgan fingerprint density at radius 3 is 2.41 bits per heavy atom. The number of likely N-dealkylation sites (tertiary alicyclic amines) is 1. The summed E-state index contributed by atoms with van der Waals surface area (Å²) < 4.78 is 5.17. The molecule has 0 atom stereocenters. The van der Waals surface area contributed by atoms with Gasteiger partial charge in [-0.3, -0.25) is 4.79 Å². The molecule has 3 rings (SSSR count). The van der Waals surface area contributed by atoms with Gasteiger partial charge in [0.05, 0.1) is 12.7 Å². The molecule has 2 aromatic carbocycles. The molecule has 1 aliphatic heterocycles. The van der Waals surface area contributed by atoms with Crippen LogP contribution in [0.4, 0.5) is 0 Å². The monoisotopic (exact) mass is 395 g/mol. The number of rotatable bonds is 8. The molecule has 0 spiro atoms. The van der Waals surface area contributed by atoms with Crippen LogP contribution in [0.1, 0.15) is 47.2 Å². The highest BCUT2D eigenvalue weighted by Gasteiger charge is 2.23. The summed E-state index contributed by atoms with van der Waals surface area (Å²) in [5.41, 5.74) is 2.50. The Balaban J connectivity index is 1.42. The topological polar surface area (TPSA) is 66.8 Å². The molecule has 1 amide bonds. The van der Waals surface area contributed by atoms with Crippen LogP contribution < -0.4 is 4.74 Å². The molecule has 0 aliphatic carbocycles. The minimum Gasteiger partial charge on any atom is -0.497 e. The first-order valence-corrected chi connectivity index (χ1v) is 10.3. The van der Waals surface area contributed by atoms with Crippen molar-refractivity contribution in [1.82, 2.24) is 4.90 Å². The van der Waals surface area contributed by atoms with E-state index in [0.717, 1.165) is 56.5 Å². The predicted octanol–water partition coefficient (Wildman–Crippen LogP) is 4.20. The van der Waals surface area contributed by atoms with Crippen LogP contribution in [0.15, 0.2) is 48.5 Å². The van der Waals surface area contributed by atoms with Crippen molar-refractivity contribution in [1.29, 1.82) is 0 Å². The molecular weight excluding hydrogens is 366 g/mol. The van der Waals surface area contributed by atoms with Crippen molar-refractivity contribution in [2.24, 2.45) is 5.92 Å². The van der Waals surface area contributed by atoms with Gasteiger partial charge in [-0.15, -0.1) is 0 Å². The van der Waals surface area contributed by atoms with Gasteiger partial charge in [-0.1, -0.05) is 30.3 Å². The summed E-state index contributed by atoms with van der Waals surface area (Å²) in [6.07, 6.45) is 4.92. The van der Waals surface area contributed by atoms with Crippen molar-refractivity contribution < 1.29 is 19.4 Å². The molecule has 0 aromatic heterocycles. The van der Waals surface area contributed by atoms with Gasteiger partial charge in [0.15, 0.2) is 0 Å². The molecule has 0 bridgehead atoms. The number of methoxy groups -OCH3 is 1. The highest BCUT2D eigenvalue weighted by atomic mass is 16.5. The quantitative estimate of drug-likeness (QED) is 0.728. The minimum absolute atomic E-state index is 0.225. The number of aryl methyl sites for hydroxylation is 1. The largest absolute Gasteiger partial charge is 0.497 e. The number of nitrogens with zero attached hydrogens (tertiary/aromatic N) is 1. The maximum Gasteiger partial charge on any atom is 0.335 e. The molecule has 1 N–H and O–H groups in total. The molecule has 1 heterocycles. The van der Waals surface area contributed by atoms with Crippen molar-refractivity contribution in [2.45, 2.75) is 38.5 Å². The zero-order valence-electron chi connectivity index (χ0n) is 17.0. The maximum absolute atomic E-state index is 12.5. The summed E-state index contributed by atoms with van der Waals surface area (Å²) in [4.78, 5) is 25.9. The van der Waals surface area contributed by atoms with E-state index in [1.54, 1.807) is 19.2 Å². The number of ether oxygens (including phenoxy) is 1. The van der Waals surface area contributed by atoms with E-state index in [4.69, 9.17) is 4.74 Å². The lowest BCUT2D eigenvalue weighted by atomic mass is 9.88. The SMILES string of the molecule is COc1ccc(CCCC(=O)N2CCC(Cc3ccccc3C(=O)O)CC2)cc1. The summed E-state index contributed by atoms with van der Waals surface area (Å²) in [5, 5.41) is 9.34. The van der Waals surface area contributed by atoms with Gasteiger partial charge >= 0.3 is 5.97 Å². The van der Waals surface area contributed by atoms with E-state index < -0.39 is 5.97 Å². The molecule has 1 fully saturated rings. The van der Waals surface area contributed by atoms with E-state index >= 15 is 0 Å². The van der Waals surface area contributed by atoms with Gasteiger partial charge in [0.25, 0.3) is 0 Å². The molecule has 5 heteroatoms. The number of carbonyl (C=O) groups excluding carboxylic acids is 1. The van der Waals surface area contributed by atoms with Crippen molar-refractivity contribution in [3.8, 4) is 5.75 Å². The van der Waals surface area contributed by atoms with Gasteiger partial charge in [0, 0.05) is 19.5 Å². The molecule has 154 valence electrons. The standard InChI is InChI=1S/C24H29NO4/c1-29-21-11-9-18(10-12-21)5-4-8-23(26)25-15-13-19(14-16-25)17-20-6-2-3-7-22(20)24(27)28/h2-3,6-7,9-12,19H,4-5,8,13-17H2,1H3,(H,27,28). The molecular formula is C24H29NO4. The molecule has 29 heavy (non-hydrogen) atoms. The summed E-state index contributed by atoms with van der Waals surface area (Å²) in [5.74, 6) is 0.630. The van der Waals surface area contributed by atoms with Crippen molar-refractivity contribution >= 4 is 11.9 Å². The van der Waals surface area contributed by atoms with Crippen molar-refractivity contribution in [3.05, 3.63) is 65.2 Å². The Hall–Kier alpha value is -2.82. The van der Waals surface area contributed by atoms with Gasteiger partial charge < -0.3 is 14.7 Å². The molecule has 5 nitrogen and oxygen atoms in total. The lowest BCUT2D eigenvalue weighted by Crippen LogP contribution is -2.38. The predicted molar refractivity (Wildman–Crippen MR) is 112 cm³/mol. The molecule has 0 unspecified atom stereocenters. The average Bonchev–Trinajstić information content (AvgIpc) is 2.75. The number of benzene rings is 2. The van der Waals surface area contributed by atoms with E-state index in [9.17, 15) is 14.7 Å². The highest BCUT2D eigenvalue weighted by Crippen LogP contribution is 2.24. The van der Waals surface area contributed by atoms with E-state index in [0.29, 0.717) is 17.9 Å². The Bertz CT molecular complexity index is 823. The number of carbonyl (C=O) groups is 2. The lowest BCUT2D eigenvalue weighted by Gasteiger charge is -2.32. The van der Waals surface area contributed by atoms with Gasteiger partial charge in [-0.2, -0.15) is 0 Å². The number of aromatic carboxylic acids is 1. The number of carboxylic acid groups (broad SMARTS) is 1. The van der Waals surface area contributed by atoms with Crippen LogP contribution in [0.5, 0.6) is 5.75 Å². The van der Waals surface area contributed by atoms with Crippen LogP contribution in [-0.4, -0.2) is 42.1 Å². The van der Waals surface area contributed by atoms with Crippen LogP contribution >= 0.6 is 0 Å². The second kappa shape index (κ2) is 10.1. The van der Waals surface area contributed by atoms with Crippen molar-refractivity contribution in [3.63, 3.8) is 0 Å². The Kier molecular flexibility index (Phi) is 7.28. The molecule has 1 aliphatic rings. The first kappa shape index (κ1) is 20.9. The fourth-order valence-corrected chi connectivity index (χ4v) is 4.00. The first-order chi connectivity index (χ1) is 14.1. The lowest BCUT2D eigenvalue weighted by molar-refractivity contribution is -0.132. The number of hydrogen-bond acceptors (Lipinski definition) is 3. The zero-order valence-corrected chi connectivity index (χ0v) is 17.0. The first-order valence-electron chi connectivity index (χ1n) is 10.3. The van der Waals surface area contributed by atoms with Gasteiger partial charge in [0.2, 0.25) is 5.91 Å². The number of amides is 1.